The van der Waals surface area contributed by atoms with Gasteiger partial charge in [-0.05, 0) is 42.0 Å². The van der Waals surface area contributed by atoms with Crippen LogP contribution in [-0.2, 0) is 12.8 Å². The maximum absolute atomic E-state index is 12.1. The van der Waals surface area contributed by atoms with Crippen molar-refractivity contribution in [2.75, 3.05) is 7.11 Å². The van der Waals surface area contributed by atoms with E-state index in [1.165, 1.54) is 25.4 Å². The second kappa shape index (κ2) is 6.10. The average molecular weight is 368 g/mol. The van der Waals surface area contributed by atoms with Crippen molar-refractivity contribution in [1.29, 1.82) is 0 Å². The summed E-state index contributed by atoms with van der Waals surface area (Å²) in [6, 6.07) is 7.25. The number of hydrogen-bond donors (Lipinski definition) is 1. The number of rotatable bonds is 4. The number of aromatic nitrogens is 2. The molecule has 0 fully saturated rings. The van der Waals surface area contributed by atoms with E-state index >= 15 is 0 Å². The van der Waals surface area contributed by atoms with Gasteiger partial charge in [0.15, 0.2) is 11.6 Å². The largest absolute Gasteiger partial charge is 0.496 e. The third-order valence-electron chi connectivity index (χ3n) is 4.55. The van der Waals surface area contributed by atoms with Crippen LogP contribution in [0.1, 0.15) is 39.0 Å². The lowest BCUT2D eigenvalue weighted by Gasteiger charge is -2.22. The molecule has 0 amide bonds. The zero-order valence-corrected chi connectivity index (χ0v) is 15.1. The van der Waals surface area contributed by atoms with E-state index < -0.39 is 5.97 Å². The molecule has 26 heavy (non-hydrogen) atoms. The van der Waals surface area contributed by atoms with Gasteiger partial charge in [-0.15, -0.1) is 11.3 Å². The molecular weight excluding hydrogens is 352 g/mol. The molecule has 0 bridgehead atoms. The van der Waals surface area contributed by atoms with Gasteiger partial charge in [-0.3, -0.25) is 9.36 Å². The van der Waals surface area contributed by atoms with Gasteiger partial charge in [-0.1, -0.05) is 6.07 Å². The number of carbonyl (C=O) groups excluding carboxylic acids is 1. The summed E-state index contributed by atoms with van der Waals surface area (Å²) in [6.07, 6.45) is 1.36. The van der Waals surface area contributed by atoms with E-state index in [0.29, 0.717) is 30.1 Å². The number of carbonyl (C=O) groups is 2. The lowest BCUT2D eigenvalue weighted by atomic mass is 9.97. The number of ketones is 1. The first-order chi connectivity index (χ1) is 12.5. The first kappa shape index (κ1) is 16.5. The molecule has 7 heteroatoms. The number of hydrogen-bond acceptors (Lipinski definition) is 5. The molecule has 0 unspecified atom stereocenters. The molecular formula is C19H16N2O4S. The molecule has 6 nitrogen and oxygen atoms in total. The van der Waals surface area contributed by atoms with E-state index in [-0.39, 0.29) is 11.3 Å². The van der Waals surface area contributed by atoms with Crippen LogP contribution in [0.5, 0.6) is 5.75 Å². The van der Waals surface area contributed by atoms with Crippen molar-refractivity contribution in [1.82, 2.24) is 9.55 Å². The Labute approximate surface area is 153 Å². The number of carboxylic acids is 1. The molecule has 1 aromatic carbocycles. The standard InChI is InChI=1S/C19H16N2O4S/c1-10(22)17-13-6-5-11-8-15(25-2)12(19(23)24)9-14(11)21(13)18(20-17)16-4-3-7-26-16/h3-4,7-9H,5-6H2,1-2H3,(H,23,24). The third-order valence-corrected chi connectivity index (χ3v) is 5.42. The van der Waals surface area contributed by atoms with Gasteiger partial charge in [0.25, 0.3) is 0 Å². The molecule has 0 radical (unpaired) electrons. The van der Waals surface area contributed by atoms with Crippen LogP contribution < -0.4 is 4.74 Å². The maximum Gasteiger partial charge on any atom is 0.339 e. The predicted octanol–water partition coefficient (Wildman–Crippen LogP) is 3.61. The van der Waals surface area contributed by atoms with Crippen molar-refractivity contribution in [2.45, 2.75) is 19.8 Å². The molecule has 3 heterocycles. The Balaban J connectivity index is 2.04. The molecule has 1 N–H and O–H groups in total. The fourth-order valence-corrected chi connectivity index (χ4v) is 4.11. The van der Waals surface area contributed by atoms with Crippen molar-refractivity contribution in [3.63, 3.8) is 0 Å². The van der Waals surface area contributed by atoms with Crippen molar-refractivity contribution >= 4 is 23.1 Å². The number of imidazole rings is 1. The minimum absolute atomic E-state index is 0.0908. The van der Waals surface area contributed by atoms with Crippen LogP contribution in [0.2, 0.25) is 0 Å². The lowest BCUT2D eigenvalue weighted by Crippen LogP contribution is -2.16. The summed E-state index contributed by atoms with van der Waals surface area (Å²) in [5, 5.41) is 11.5. The van der Waals surface area contributed by atoms with Crippen LogP contribution >= 0.6 is 11.3 Å². The summed E-state index contributed by atoms with van der Waals surface area (Å²) in [5.41, 5.74) is 3.09. The minimum Gasteiger partial charge on any atom is -0.496 e. The molecule has 4 rings (SSSR count). The van der Waals surface area contributed by atoms with Crippen LogP contribution in [0.25, 0.3) is 16.4 Å². The monoisotopic (exact) mass is 368 g/mol. The van der Waals surface area contributed by atoms with E-state index in [9.17, 15) is 14.7 Å². The number of benzene rings is 1. The van der Waals surface area contributed by atoms with Gasteiger partial charge in [0.2, 0.25) is 0 Å². The number of nitrogens with zero attached hydrogens (tertiary/aromatic N) is 2. The van der Waals surface area contributed by atoms with Gasteiger partial charge >= 0.3 is 5.97 Å². The number of aryl methyl sites for hydroxylation is 1. The summed E-state index contributed by atoms with van der Waals surface area (Å²) in [5.74, 6) is -0.139. The molecule has 132 valence electrons. The Morgan fingerprint density at radius 2 is 2.12 bits per heavy atom. The second-order valence-corrected chi connectivity index (χ2v) is 7.03. The Hall–Kier alpha value is -2.93. The van der Waals surface area contributed by atoms with E-state index in [2.05, 4.69) is 4.98 Å². The molecule has 3 aromatic rings. The van der Waals surface area contributed by atoms with Crippen molar-refractivity contribution in [2.24, 2.45) is 0 Å². The summed E-state index contributed by atoms with van der Waals surface area (Å²) in [4.78, 5) is 29.3. The van der Waals surface area contributed by atoms with Crippen LogP contribution in [0.15, 0.2) is 29.6 Å². The Bertz CT molecular complexity index is 1030. The number of ether oxygens (including phenoxy) is 1. The highest BCUT2D eigenvalue weighted by atomic mass is 32.1. The average Bonchev–Trinajstić information content (AvgIpc) is 3.27. The molecule has 0 saturated carbocycles. The number of methoxy groups -OCH3 is 1. The Morgan fingerprint density at radius 1 is 1.31 bits per heavy atom. The quantitative estimate of drug-likeness (QED) is 0.712. The van der Waals surface area contributed by atoms with Crippen molar-refractivity contribution < 1.29 is 19.4 Å². The molecule has 0 atom stereocenters. The maximum atomic E-state index is 12.1. The van der Waals surface area contributed by atoms with Crippen LogP contribution in [-0.4, -0.2) is 33.5 Å². The normalized spacial score (nSPS) is 12.4. The molecule has 1 aliphatic rings. The summed E-state index contributed by atoms with van der Waals surface area (Å²) < 4.78 is 7.17. The van der Waals surface area contributed by atoms with Gasteiger partial charge in [-0.25, -0.2) is 9.78 Å². The number of fused-ring (bicyclic) bond motifs is 3. The highest BCUT2D eigenvalue weighted by Crippen LogP contribution is 2.37. The fraction of sp³-hybridized carbons (Fsp3) is 0.211. The molecule has 0 spiro atoms. The predicted molar refractivity (Wildman–Crippen MR) is 97.8 cm³/mol. The molecule has 0 aliphatic carbocycles. The van der Waals surface area contributed by atoms with E-state index in [0.717, 1.165) is 21.8 Å². The molecule has 1 aliphatic heterocycles. The van der Waals surface area contributed by atoms with Crippen LogP contribution in [0, 0.1) is 0 Å². The zero-order valence-electron chi connectivity index (χ0n) is 14.3. The van der Waals surface area contributed by atoms with Gasteiger partial charge in [0.05, 0.1) is 23.4 Å². The van der Waals surface area contributed by atoms with Gasteiger partial charge in [0.1, 0.15) is 17.0 Å². The van der Waals surface area contributed by atoms with Gasteiger partial charge < -0.3 is 9.84 Å². The van der Waals surface area contributed by atoms with Gasteiger partial charge in [0, 0.05) is 6.92 Å². The first-order valence-corrected chi connectivity index (χ1v) is 9.00. The van der Waals surface area contributed by atoms with Gasteiger partial charge in [-0.2, -0.15) is 0 Å². The second-order valence-electron chi connectivity index (χ2n) is 6.09. The van der Waals surface area contributed by atoms with E-state index in [1.807, 2.05) is 22.1 Å². The SMILES string of the molecule is COc1cc2c(cc1C(=O)O)-n1c(-c3cccs3)nc(C(C)=O)c1CC2. The fourth-order valence-electron chi connectivity index (χ4n) is 3.40. The molecule has 2 aromatic heterocycles. The van der Waals surface area contributed by atoms with E-state index in [4.69, 9.17) is 4.74 Å². The zero-order chi connectivity index (χ0) is 18.4. The summed E-state index contributed by atoms with van der Waals surface area (Å²) in [7, 11) is 1.46. The van der Waals surface area contributed by atoms with Crippen molar-refractivity contribution in [3.8, 4) is 22.1 Å². The Morgan fingerprint density at radius 3 is 2.73 bits per heavy atom. The lowest BCUT2D eigenvalue weighted by molar-refractivity contribution is 0.0693. The summed E-state index contributed by atoms with van der Waals surface area (Å²) in [6.45, 7) is 1.51. The Kier molecular flexibility index (Phi) is 3.88. The number of thiophene rings is 1. The minimum atomic E-state index is -1.05. The smallest absolute Gasteiger partial charge is 0.339 e. The topological polar surface area (TPSA) is 81.4 Å². The summed E-state index contributed by atoms with van der Waals surface area (Å²) >= 11 is 1.53. The third kappa shape index (κ3) is 2.43. The number of Topliss-reactive ketones (excluding diaryl/α,β-unsaturated/α-hetero) is 1. The van der Waals surface area contributed by atoms with Crippen LogP contribution in [0.3, 0.4) is 0 Å². The van der Waals surface area contributed by atoms with E-state index in [1.54, 1.807) is 12.1 Å². The number of aromatic carboxylic acids is 1. The molecule has 0 saturated heterocycles. The highest BCUT2D eigenvalue weighted by Gasteiger charge is 2.29. The van der Waals surface area contributed by atoms with Crippen LogP contribution in [0.4, 0.5) is 0 Å². The number of carboxylic acid groups (broad SMARTS) is 1. The van der Waals surface area contributed by atoms with Crippen molar-refractivity contribution in [3.05, 3.63) is 52.2 Å². The highest BCUT2D eigenvalue weighted by molar-refractivity contribution is 7.13. The first-order valence-electron chi connectivity index (χ1n) is 8.12.